The number of aromatic nitrogens is 1. The largest absolute Gasteiger partial charge is 0.376 e. The van der Waals surface area contributed by atoms with E-state index in [1.54, 1.807) is 23.5 Å². The number of hydrogen-bond acceptors (Lipinski definition) is 4. The van der Waals surface area contributed by atoms with Crippen molar-refractivity contribution in [2.45, 2.75) is 25.5 Å². The summed E-state index contributed by atoms with van der Waals surface area (Å²) in [4.78, 5) is 25.4. The zero-order valence-electron chi connectivity index (χ0n) is 14.3. The molecule has 1 aliphatic rings. The maximum absolute atomic E-state index is 12.7. The van der Waals surface area contributed by atoms with Gasteiger partial charge >= 0.3 is 0 Å². The zero-order valence-corrected chi connectivity index (χ0v) is 15.1. The second-order valence-corrected chi connectivity index (χ2v) is 7.37. The fourth-order valence-corrected chi connectivity index (χ4v) is 4.12. The van der Waals surface area contributed by atoms with E-state index in [1.165, 1.54) is 0 Å². The molecule has 0 unspecified atom stereocenters. The van der Waals surface area contributed by atoms with Gasteiger partial charge in [0.15, 0.2) is 5.78 Å². The van der Waals surface area contributed by atoms with Crippen LogP contribution in [-0.4, -0.2) is 35.5 Å². The molecule has 0 aliphatic carbocycles. The van der Waals surface area contributed by atoms with Gasteiger partial charge in [-0.25, -0.2) is 0 Å². The number of hydrogen-bond donors (Lipinski definition) is 1. The Bertz CT molecular complexity index is 923. The lowest BCUT2D eigenvalue weighted by Gasteiger charge is -2.13. The van der Waals surface area contributed by atoms with Crippen molar-refractivity contribution in [1.82, 2.24) is 9.88 Å². The Balaban J connectivity index is 1.56. The second kappa shape index (κ2) is 7.43. The third kappa shape index (κ3) is 3.43. The number of thiophene rings is 1. The van der Waals surface area contributed by atoms with Crippen molar-refractivity contribution in [3.05, 3.63) is 59.1 Å². The Labute approximate surface area is 155 Å². The Kier molecular flexibility index (Phi) is 4.86. The summed E-state index contributed by atoms with van der Waals surface area (Å²) in [6, 6.07) is 13.0. The topological polar surface area (TPSA) is 60.3 Å². The van der Waals surface area contributed by atoms with Crippen LogP contribution in [0, 0.1) is 0 Å². The van der Waals surface area contributed by atoms with Gasteiger partial charge in [0, 0.05) is 18.7 Å². The number of ether oxygens (including phenoxy) is 1. The first-order valence-corrected chi connectivity index (χ1v) is 9.65. The highest BCUT2D eigenvalue weighted by Crippen LogP contribution is 2.26. The van der Waals surface area contributed by atoms with Crippen LogP contribution in [0.25, 0.3) is 10.2 Å². The van der Waals surface area contributed by atoms with Crippen molar-refractivity contribution in [1.29, 1.82) is 0 Å². The van der Waals surface area contributed by atoms with Crippen molar-refractivity contribution in [3.63, 3.8) is 0 Å². The van der Waals surface area contributed by atoms with E-state index in [-0.39, 0.29) is 24.3 Å². The zero-order chi connectivity index (χ0) is 17.9. The Hall–Kier alpha value is -2.44. The van der Waals surface area contributed by atoms with Crippen LogP contribution in [0.2, 0.25) is 0 Å². The molecule has 2 aromatic heterocycles. The van der Waals surface area contributed by atoms with E-state index in [1.807, 2.05) is 40.3 Å². The molecule has 26 heavy (non-hydrogen) atoms. The molecule has 6 heteroatoms. The molecule has 0 radical (unpaired) electrons. The molecule has 1 atom stereocenters. The van der Waals surface area contributed by atoms with E-state index in [0.29, 0.717) is 17.8 Å². The number of nitrogens with zero attached hydrogens (tertiary/aromatic N) is 1. The van der Waals surface area contributed by atoms with Gasteiger partial charge in [0.2, 0.25) is 0 Å². The molecule has 134 valence electrons. The van der Waals surface area contributed by atoms with Crippen molar-refractivity contribution < 1.29 is 14.3 Å². The standard InChI is InChI=1S/C20H20N2O3S/c23-18(14-5-2-1-3-6-14)13-22-16-8-10-26-19(16)11-17(22)20(24)21-12-15-7-4-9-25-15/h1-3,5-6,8,10-11,15H,4,7,9,12-13H2,(H,21,24)/t15-/m0/s1. The van der Waals surface area contributed by atoms with Crippen molar-refractivity contribution in [2.24, 2.45) is 0 Å². The maximum Gasteiger partial charge on any atom is 0.268 e. The van der Waals surface area contributed by atoms with Crippen molar-refractivity contribution in [2.75, 3.05) is 13.2 Å². The lowest BCUT2D eigenvalue weighted by molar-refractivity contribution is 0.0849. The highest BCUT2D eigenvalue weighted by atomic mass is 32.1. The van der Waals surface area contributed by atoms with Crippen molar-refractivity contribution >= 4 is 33.2 Å². The average molecular weight is 368 g/mol. The van der Waals surface area contributed by atoms with E-state index >= 15 is 0 Å². The minimum atomic E-state index is -0.162. The summed E-state index contributed by atoms with van der Waals surface area (Å²) >= 11 is 1.57. The number of nitrogens with one attached hydrogen (secondary N) is 1. The summed E-state index contributed by atoms with van der Waals surface area (Å²) in [5.41, 5.74) is 2.09. The molecular formula is C20H20N2O3S. The minimum absolute atomic E-state index is 0.0116. The van der Waals surface area contributed by atoms with Crippen LogP contribution in [0.4, 0.5) is 0 Å². The third-order valence-corrected chi connectivity index (χ3v) is 5.52. The van der Waals surface area contributed by atoms with Crippen LogP contribution in [0.1, 0.15) is 33.7 Å². The van der Waals surface area contributed by atoms with Gasteiger partial charge in [0.05, 0.1) is 22.9 Å². The molecule has 0 saturated carbocycles. The van der Waals surface area contributed by atoms with Gasteiger partial charge in [-0.2, -0.15) is 0 Å². The van der Waals surface area contributed by atoms with Gasteiger partial charge in [-0.1, -0.05) is 30.3 Å². The third-order valence-electron chi connectivity index (χ3n) is 4.67. The molecule has 3 heterocycles. The lowest BCUT2D eigenvalue weighted by Crippen LogP contribution is -2.33. The smallest absolute Gasteiger partial charge is 0.268 e. The molecule has 1 aromatic carbocycles. The van der Waals surface area contributed by atoms with E-state index in [0.717, 1.165) is 29.7 Å². The van der Waals surface area contributed by atoms with Crippen LogP contribution in [0.3, 0.4) is 0 Å². The summed E-state index contributed by atoms with van der Waals surface area (Å²) in [6.45, 7) is 1.41. The Morgan fingerprint density at radius 1 is 1.23 bits per heavy atom. The molecule has 0 spiro atoms. The number of ketones is 1. The highest BCUT2D eigenvalue weighted by molar-refractivity contribution is 7.17. The summed E-state index contributed by atoms with van der Waals surface area (Å²) in [5, 5.41) is 4.93. The Morgan fingerprint density at radius 2 is 2.08 bits per heavy atom. The van der Waals surface area contributed by atoms with Gasteiger partial charge in [-0.3, -0.25) is 9.59 Å². The Morgan fingerprint density at radius 3 is 2.85 bits per heavy atom. The maximum atomic E-state index is 12.7. The van der Waals surface area contributed by atoms with Gasteiger partial charge in [-0.05, 0) is 30.4 Å². The fraction of sp³-hybridized carbons (Fsp3) is 0.300. The molecule has 1 N–H and O–H groups in total. The quantitative estimate of drug-likeness (QED) is 0.678. The van der Waals surface area contributed by atoms with Gasteiger partial charge in [0.1, 0.15) is 5.69 Å². The average Bonchev–Trinajstić information content (AvgIpc) is 3.39. The van der Waals surface area contributed by atoms with Gasteiger partial charge < -0.3 is 14.6 Å². The van der Waals surface area contributed by atoms with Crippen LogP contribution < -0.4 is 5.32 Å². The summed E-state index contributed by atoms with van der Waals surface area (Å²) in [5.74, 6) is -0.174. The van der Waals surface area contributed by atoms with Crippen LogP contribution in [0.15, 0.2) is 47.8 Å². The summed E-state index contributed by atoms with van der Waals surface area (Å²) in [6.07, 6.45) is 2.11. The van der Waals surface area contributed by atoms with E-state index in [2.05, 4.69) is 5.32 Å². The molecule has 1 fully saturated rings. The number of fused-ring (bicyclic) bond motifs is 1. The number of benzene rings is 1. The summed E-state index contributed by atoms with van der Waals surface area (Å²) in [7, 11) is 0. The monoisotopic (exact) mass is 368 g/mol. The number of carbonyl (C=O) groups excluding carboxylic acids is 2. The SMILES string of the molecule is O=C(Cn1c(C(=O)NC[C@@H]2CCCO2)cc2sccc21)c1ccccc1. The van der Waals surface area contributed by atoms with Crippen molar-refractivity contribution in [3.8, 4) is 0 Å². The first kappa shape index (κ1) is 17.0. The van der Waals surface area contributed by atoms with E-state index in [9.17, 15) is 9.59 Å². The molecule has 1 aliphatic heterocycles. The molecule has 3 aromatic rings. The number of amides is 1. The molecule has 1 saturated heterocycles. The minimum Gasteiger partial charge on any atom is -0.376 e. The lowest BCUT2D eigenvalue weighted by atomic mass is 10.1. The van der Waals surface area contributed by atoms with Crippen LogP contribution in [-0.2, 0) is 11.3 Å². The van der Waals surface area contributed by atoms with Gasteiger partial charge in [-0.15, -0.1) is 11.3 Å². The summed E-state index contributed by atoms with van der Waals surface area (Å²) < 4.78 is 8.38. The molecule has 5 nitrogen and oxygen atoms in total. The van der Waals surface area contributed by atoms with Gasteiger partial charge in [0.25, 0.3) is 5.91 Å². The highest BCUT2D eigenvalue weighted by Gasteiger charge is 2.21. The number of carbonyl (C=O) groups is 2. The molecular weight excluding hydrogens is 348 g/mol. The number of Topliss-reactive ketones (excluding diaryl/α,β-unsaturated/α-hetero) is 1. The molecule has 4 rings (SSSR count). The first-order chi connectivity index (χ1) is 12.7. The molecule has 0 bridgehead atoms. The van der Waals surface area contributed by atoms with E-state index < -0.39 is 0 Å². The first-order valence-electron chi connectivity index (χ1n) is 8.77. The van der Waals surface area contributed by atoms with Crippen LogP contribution >= 0.6 is 11.3 Å². The number of rotatable bonds is 6. The van der Waals surface area contributed by atoms with Crippen LogP contribution in [0.5, 0.6) is 0 Å². The normalized spacial score (nSPS) is 16.8. The fourth-order valence-electron chi connectivity index (χ4n) is 3.30. The second-order valence-electron chi connectivity index (χ2n) is 6.42. The predicted octanol–water partition coefficient (Wildman–Crippen LogP) is 3.49. The molecule has 1 amide bonds. The van der Waals surface area contributed by atoms with E-state index in [4.69, 9.17) is 4.74 Å². The predicted molar refractivity (Wildman–Crippen MR) is 102 cm³/mol.